The molecule has 8 atom stereocenters. The summed E-state index contributed by atoms with van der Waals surface area (Å²) in [6.07, 6.45) is 11.4. The lowest BCUT2D eigenvalue weighted by atomic mass is 9.44. The zero-order valence-electron chi connectivity index (χ0n) is 17.0. The summed E-state index contributed by atoms with van der Waals surface area (Å²) in [4.78, 5) is 0. The summed E-state index contributed by atoms with van der Waals surface area (Å²) >= 11 is 0. The fourth-order valence-corrected chi connectivity index (χ4v) is 8.83. The maximum atomic E-state index is 10.2. The number of hydrogen-bond acceptors (Lipinski definition) is 3. The van der Waals surface area contributed by atoms with E-state index in [4.69, 9.17) is 9.47 Å². The van der Waals surface area contributed by atoms with Crippen LogP contribution < -0.4 is 0 Å². The number of aliphatic hydroxyl groups excluding tert-OH is 1. The van der Waals surface area contributed by atoms with Gasteiger partial charge in [-0.05, 0) is 99.2 Å². The van der Waals surface area contributed by atoms with Crippen molar-refractivity contribution in [3.8, 4) is 0 Å². The number of hydrogen-bond donors (Lipinski definition) is 1. The molecule has 26 heavy (non-hydrogen) atoms. The van der Waals surface area contributed by atoms with E-state index >= 15 is 0 Å². The van der Waals surface area contributed by atoms with Gasteiger partial charge in [0.15, 0.2) is 5.79 Å². The van der Waals surface area contributed by atoms with Crippen LogP contribution in [0.5, 0.6) is 0 Å². The van der Waals surface area contributed by atoms with Gasteiger partial charge in [-0.15, -0.1) is 0 Å². The molecule has 0 bridgehead atoms. The minimum Gasteiger partial charge on any atom is -0.393 e. The fourth-order valence-electron chi connectivity index (χ4n) is 8.83. The van der Waals surface area contributed by atoms with E-state index in [9.17, 15) is 5.11 Å². The largest absolute Gasteiger partial charge is 0.393 e. The summed E-state index contributed by atoms with van der Waals surface area (Å²) in [5.74, 6) is 3.59. The molecule has 3 heteroatoms. The molecule has 4 aliphatic carbocycles. The molecule has 3 nitrogen and oxygen atoms in total. The first-order chi connectivity index (χ1) is 12.4. The van der Waals surface area contributed by atoms with Crippen LogP contribution in [0.3, 0.4) is 0 Å². The van der Waals surface area contributed by atoms with Gasteiger partial charge in [0.25, 0.3) is 0 Å². The zero-order chi connectivity index (χ0) is 18.2. The van der Waals surface area contributed by atoms with Gasteiger partial charge in [0.05, 0.1) is 19.3 Å². The second-order valence-corrected chi connectivity index (χ2v) is 11.0. The number of rotatable bonds is 1. The van der Waals surface area contributed by atoms with Gasteiger partial charge in [-0.1, -0.05) is 13.8 Å². The third-order valence-corrected chi connectivity index (χ3v) is 10.1. The predicted octanol–water partition coefficient (Wildman–Crippen LogP) is 4.77. The van der Waals surface area contributed by atoms with E-state index < -0.39 is 0 Å². The van der Waals surface area contributed by atoms with Crippen LogP contribution in [0.25, 0.3) is 0 Å². The van der Waals surface area contributed by atoms with Crippen molar-refractivity contribution in [3.05, 3.63) is 0 Å². The molecule has 4 saturated carbocycles. The van der Waals surface area contributed by atoms with Crippen LogP contribution >= 0.6 is 0 Å². The highest BCUT2D eigenvalue weighted by Crippen LogP contribution is 2.69. The molecule has 5 rings (SSSR count). The van der Waals surface area contributed by atoms with Gasteiger partial charge >= 0.3 is 0 Å². The molecule has 0 spiro atoms. The van der Waals surface area contributed by atoms with Gasteiger partial charge in [-0.25, -0.2) is 0 Å². The third-order valence-electron chi connectivity index (χ3n) is 10.1. The Hall–Kier alpha value is -0.120. The Morgan fingerprint density at radius 1 is 0.769 bits per heavy atom. The molecule has 5 fully saturated rings. The van der Waals surface area contributed by atoms with Crippen LogP contribution in [0.2, 0.25) is 0 Å². The molecular formula is C23H38O3. The molecule has 0 aromatic heterocycles. The van der Waals surface area contributed by atoms with Crippen molar-refractivity contribution in [1.29, 1.82) is 0 Å². The molecule has 1 N–H and O–H groups in total. The highest BCUT2D eigenvalue weighted by Gasteiger charge is 2.63. The maximum Gasteiger partial charge on any atom is 0.169 e. The Morgan fingerprint density at radius 2 is 1.46 bits per heavy atom. The Balaban J connectivity index is 1.41. The highest BCUT2D eigenvalue weighted by atomic mass is 16.7. The molecule has 0 radical (unpaired) electrons. The zero-order valence-corrected chi connectivity index (χ0v) is 17.0. The summed E-state index contributed by atoms with van der Waals surface area (Å²) in [7, 11) is 0. The molecule has 0 unspecified atom stereocenters. The van der Waals surface area contributed by atoms with Crippen molar-refractivity contribution in [2.24, 2.45) is 40.4 Å². The lowest BCUT2D eigenvalue weighted by Crippen LogP contribution is -2.55. The van der Waals surface area contributed by atoms with E-state index in [1.54, 1.807) is 0 Å². The van der Waals surface area contributed by atoms with Crippen LogP contribution in [0.4, 0.5) is 0 Å². The smallest absolute Gasteiger partial charge is 0.169 e. The van der Waals surface area contributed by atoms with Gasteiger partial charge in [0.1, 0.15) is 0 Å². The molecule has 1 heterocycles. The van der Waals surface area contributed by atoms with Gasteiger partial charge < -0.3 is 14.6 Å². The summed E-state index contributed by atoms with van der Waals surface area (Å²) in [5.41, 5.74) is 0.865. The van der Waals surface area contributed by atoms with Crippen molar-refractivity contribution in [1.82, 2.24) is 0 Å². The quantitative estimate of drug-likeness (QED) is 0.730. The van der Waals surface area contributed by atoms with Crippen molar-refractivity contribution >= 4 is 0 Å². The lowest BCUT2D eigenvalue weighted by molar-refractivity contribution is -0.218. The molecular weight excluding hydrogens is 324 g/mol. The maximum absolute atomic E-state index is 10.2. The van der Waals surface area contributed by atoms with E-state index in [1.807, 2.05) is 0 Å². The Kier molecular flexibility index (Phi) is 4.10. The van der Waals surface area contributed by atoms with E-state index in [-0.39, 0.29) is 11.9 Å². The van der Waals surface area contributed by atoms with Crippen molar-refractivity contribution in [2.45, 2.75) is 90.4 Å². The molecule has 0 aromatic carbocycles. The van der Waals surface area contributed by atoms with Crippen molar-refractivity contribution in [3.63, 3.8) is 0 Å². The monoisotopic (exact) mass is 362 g/mol. The highest BCUT2D eigenvalue weighted by molar-refractivity contribution is 5.11. The minimum absolute atomic E-state index is 0.0362. The topological polar surface area (TPSA) is 38.7 Å². The first-order valence-electron chi connectivity index (χ1n) is 11.3. The standard InChI is InChI=1S/C23H38O3/c1-21-10-8-16(24)14-15(21)4-5-17-18-6-7-20(23(3)25-12-13-26-23)22(18,2)11-9-19(17)21/h15-20,24H,4-14H2,1-3H3/t15-,16+,17-,18-,19-,20-,21-,22-/m0/s1. The van der Waals surface area contributed by atoms with Crippen molar-refractivity contribution < 1.29 is 14.6 Å². The first kappa shape index (κ1) is 17.9. The van der Waals surface area contributed by atoms with Crippen molar-refractivity contribution in [2.75, 3.05) is 13.2 Å². The number of fused-ring (bicyclic) bond motifs is 5. The predicted molar refractivity (Wildman–Crippen MR) is 102 cm³/mol. The molecule has 1 aliphatic heterocycles. The number of aliphatic hydroxyl groups is 1. The molecule has 0 aromatic rings. The summed E-state index contributed by atoms with van der Waals surface area (Å²) in [6, 6.07) is 0. The summed E-state index contributed by atoms with van der Waals surface area (Å²) in [6.45, 7) is 8.90. The van der Waals surface area contributed by atoms with Gasteiger partial charge in [-0.2, -0.15) is 0 Å². The Morgan fingerprint density at radius 3 is 2.23 bits per heavy atom. The Labute approximate surface area is 159 Å². The first-order valence-corrected chi connectivity index (χ1v) is 11.3. The average Bonchev–Trinajstić information content (AvgIpc) is 3.19. The van der Waals surface area contributed by atoms with Crippen LogP contribution in [-0.2, 0) is 9.47 Å². The summed E-state index contributed by atoms with van der Waals surface area (Å²) < 4.78 is 12.3. The second-order valence-electron chi connectivity index (χ2n) is 11.0. The van der Waals surface area contributed by atoms with E-state index in [0.717, 1.165) is 49.7 Å². The molecule has 5 aliphatic rings. The number of ether oxygens (including phenoxy) is 2. The van der Waals surface area contributed by atoms with Crippen LogP contribution in [0.15, 0.2) is 0 Å². The molecule has 0 amide bonds. The Bertz CT molecular complexity index is 556. The molecule has 148 valence electrons. The normalized spacial score (nSPS) is 55.8. The van der Waals surface area contributed by atoms with E-state index in [1.165, 1.54) is 44.9 Å². The van der Waals surface area contributed by atoms with E-state index in [2.05, 4.69) is 20.8 Å². The SMILES string of the molecule is CC1([C@H]2CC[C@H]3[C@@H]4CC[C@H]5C[C@H](O)CC[C@]5(C)[C@H]4CC[C@]23C)OCCO1. The minimum atomic E-state index is -0.341. The van der Waals surface area contributed by atoms with Gasteiger partial charge in [0, 0.05) is 5.92 Å². The second kappa shape index (κ2) is 5.94. The van der Waals surface area contributed by atoms with Gasteiger partial charge in [0.2, 0.25) is 0 Å². The van der Waals surface area contributed by atoms with Crippen LogP contribution in [-0.4, -0.2) is 30.2 Å². The average molecular weight is 363 g/mol. The fraction of sp³-hybridized carbons (Fsp3) is 1.00. The van der Waals surface area contributed by atoms with Crippen LogP contribution in [0, 0.1) is 40.4 Å². The van der Waals surface area contributed by atoms with Crippen LogP contribution in [0.1, 0.15) is 78.6 Å². The van der Waals surface area contributed by atoms with Gasteiger partial charge in [-0.3, -0.25) is 0 Å². The summed E-state index contributed by atoms with van der Waals surface area (Å²) in [5, 5.41) is 10.2. The third kappa shape index (κ3) is 2.35. The molecule has 1 saturated heterocycles. The van der Waals surface area contributed by atoms with E-state index in [0.29, 0.717) is 16.7 Å². The lowest BCUT2D eigenvalue weighted by Gasteiger charge is -2.61.